The maximum Gasteiger partial charge on any atom is 0.416 e. The number of carbonyl (C=O) groups is 1. The molecule has 1 amide bonds. The number of alkyl halides is 6. The van der Waals surface area contributed by atoms with Crippen molar-refractivity contribution < 1.29 is 39.6 Å². The summed E-state index contributed by atoms with van der Waals surface area (Å²) in [5, 5.41) is -0.845. The fourth-order valence-electron chi connectivity index (χ4n) is 3.68. The molecule has 2 atom stereocenters. The van der Waals surface area contributed by atoms with E-state index in [0.717, 1.165) is 16.7 Å². The lowest BCUT2D eigenvalue weighted by Gasteiger charge is -2.26. The number of amidine groups is 1. The fraction of sp³-hybridized carbons (Fsp3) is 0.300. The molecule has 2 aliphatic rings. The highest BCUT2D eigenvalue weighted by Gasteiger charge is 2.50. The van der Waals surface area contributed by atoms with Gasteiger partial charge in [0.05, 0.1) is 28.7 Å². The van der Waals surface area contributed by atoms with Gasteiger partial charge in [-0.3, -0.25) is 4.79 Å². The SMILES string of the molecule is O=C(N=C1S[C@H]2CS(=O)(=O)C[C@H]2N1c1cc(C(F)(F)F)cc(C(F)(F)F)c1)c1ccccc1. The quantitative estimate of drug-likeness (QED) is 0.553. The molecule has 0 aliphatic carbocycles. The van der Waals surface area contributed by atoms with Gasteiger partial charge >= 0.3 is 12.4 Å². The molecule has 0 saturated carbocycles. The Balaban J connectivity index is 1.85. The number of nitrogens with zero attached hydrogens (tertiary/aromatic N) is 2. The molecule has 2 heterocycles. The van der Waals surface area contributed by atoms with Crippen LogP contribution in [0.2, 0.25) is 0 Å². The van der Waals surface area contributed by atoms with E-state index in [-0.39, 0.29) is 22.6 Å². The van der Waals surface area contributed by atoms with Crippen molar-refractivity contribution in [2.24, 2.45) is 4.99 Å². The largest absolute Gasteiger partial charge is 0.416 e. The van der Waals surface area contributed by atoms with Crippen molar-refractivity contribution >= 4 is 38.4 Å². The molecular formula is C20H14F6N2O3S2. The Labute approximate surface area is 188 Å². The predicted octanol–water partition coefficient (Wildman–Crippen LogP) is 4.64. The number of hydrogen-bond donors (Lipinski definition) is 0. The average Bonchev–Trinajstić information content (AvgIpc) is 3.17. The van der Waals surface area contributed by atoms with Gasteiger partial charge in [-0.2, -0.15) is 31.3 Å². The first kappa shape index (κ1) is 23.6. The van der Waals surface area contributed by atoms with Crippen LogP contribution >= 0.6 is 11.8 Å². The number of benzene rings is 2. The maximum absolute atomic E-state index is 13.4. The number of amides is 1. The Morgan fingerprint density at radius 3 is 2.06 bits per heavy atom. The molecule has 2 aromatic rings. The number of rotatable bonds is 2. The first-order chi connectivity index (χ1) is 15.2. The van der Waals surface area contributed by atoms with E-state index in [4.69, 9.17) is 0 Å². The van der Waals surface area contributed by atoms with Gasteiger partial charge in [0.25, 0.3) is 5.91 Å². The van der Waals surface area contributed by atoms with E-state index in [1.54, 1.807) is 18.2 Å². The van der Waals surface area contributed by atoms with Crippen molar-refractivity contribution in [1.29, 1.82) is 0 Å². The molecule has 0 bridgehead atoms. The van der Waals surface area contributed by atoms with Gasteiger partial charge in [-0.1, -0.05) is 30.0 Å². The number of thioether (sulfide) groups is 1. The van der Waals surface area contributed by atoms with Crippen molar-refractivity contribution in [3.63, 3.8) is 0 Å². The number of hydrogen-bond acceptors (Lipinski definition) is 4. The highest BCUT2D eigenvalue weighted by Crippen LogP contribution is 2.44. The van der Waals surface area contributed by atoms with E-state index in [9.17, 15) is 39.6 Å². The molecule has 176 valence electrons. The van der Waals surface area contributed by atoms with Crippen LogP contribution in [0.1, 0.15) is 21.5 Å². The van der Waals surface area contributed by atoms with Crippen molar-refractivity contribution in [1.82, 2.24) is 0 Å². The van der Waals surface area contributed by atoms with Gasteiger partial charge in [-0.15, -0.1) is 0 Å². The predicted molar refractivity (Wildman–Crippen MR) is 111 cm³/mol. The molecular weight excluding hydrogens is 494 g/mol. The third-order valence-electron chi connectivity index (χ3n) is 5.14. The van der Waals surface area contributed by atoms with Crippen LogP contribution in [0.4, 0.5) is 32.0 Å². The highest BCUT2D eigenvalue weighted by molar-refractivity contribution is 8.16. The van der Waals surface area contributed by atoms with Crippen molar-refractivity contribution in [2.45, 2.75) is 23.6 Å². The average molecular weight is 508 g/mol. The Bertz CT molecular complexity index is 1190. The second kappa shape index (κ2) is 8.05. The Morgan fingerprint density at radius 1 is 0.939 bits per heavy atom. The molecule has 4 rings (SSSR count). The Morgan fingerprint density at radius 2 is 1.52 bits per heavy atom. The molecule has 13 heteroatoms. The van der Waals surface area contributed by atoms with E-state index < -0.39 is 62.0 Å². The second-order valence-corrected chi connectivity index (χ2v) is 10.9. The van der Waals surface area contributed by atoms with Crippen molar-refractivity contribution in [3.8, 4) is 0 Å². The van der Waals surface area contributed by atoms with Crippen LogP contribution in [0.5, 0.6) is 0 Å². The summed E-state index contributed by atoms with van der Waals surface area (Å²) in [6, 6.07) is 7.72. The molecule has 0 aromatic heterocycles. The lowest BCUT2D eigenvalue weighted by atomic mass is 10.1. The minimum atomic E-state index is -5.08. The standard InChI is InChI=1S/C20H14F6N2O3S2/c21-19(22,23)12-6-13(20(24,25)26)8-14(7-12)28-15-9-33(30,31)10-16(15)32-18(28)27-17(29)11-4-2-1-3-5-11/h1-8,15-16H,9-10H2/t15-,16+/m1/s1. The zero-order valence-corrected chi connectivity index (χ0v) is 18.0. The van der Waals surface area contributed by atoms with E-state index in [2.05, 4.69) is 4.99 Å². The van der Waals surface area contributed by atoms with Crippen molar-refractivity contribution in [2.75, 3.05) is 16.4 Å². The molecule has 33 heavy (non-hydrogen) atoms. The summed E-state index contributed by atoms with van der Waals surface area (Å²) < 4.78 is 104. The first-order valence-corrected chi connectivity index (χ1v) is 12.1. The number of sulfone groups is 1. The van der Waals surface area contributed by atoms with Crippen LogP contribution < -0.4 is 4.90 Å². The summed E-state index contributed by atoms with van der Waals surface area (Å²) in [7, 11) is -3.57. The van der Waals surface area contributed by atoms with Gasteiger partial charge in [0, 0.05) is 16.5 Å². The minimum absolute atomic E-state index is 0.0124. The Kier molecular flexibility index (Phi) is 5.76. The first-order valence-electron chi connectivity index (χ1n) is 9.38. The number of halogens is 6. The van der Waals surface area contributed by atoms with Crippen molar-refractivity contribution in [3.05, 3.63) is 65.2 Å². The summed E-state index contributed by atoms with van der Waals surface area (Å²) in [6.07, 6.45) is -10.2. The van der Waals surface area contributed by atoms with E-state index in [0.29, 0.717) is 12.1 Å². The van der Waals surface area contributed by atoms with Crippen LogP contribution in [-0.2, 0) is 22.2 Å². The summed E-state index contributed by atoms with van der Waals surface area (Å²) in [6.45, 7) is 0. The molecule has 2 aromatic carbocycles. The van der Waals surface area contributed by atoms with Crippen LogP contribution in [0.15, 0.2) is 53.5 Å². The summed E-state index contributed by atoms with van der Waals surface area (Å²) in [4.78, 5) is 17.5. The minimum Gasteiger partial charge on any atom is -0.316 e. The topological polar surface area (TPSA) is 66.8 Å². The van der Waals surface area contributed by atoms with Gasteiger partial charge in [0.15, 0.2) is 15.0 Å². The zero-order chi connectivity index (χ0) is 24.2. The maximum atomic E-state index is 13.4. The van der Waals surface area contributed by atoms with E-state index >= 15 is 0 Å². The monoisotopic (exact) mass is 508 g/mol. The summed E-state index contributed by atoms with van der Waals surface area (Å²) in [5.41, 5.74) is -3.46. The van der Waals surface area contributed by atoms with Gasteiger partial charge in [0.1, 0.15) is 0 Å². The molecule has 0 spiro atoms. The molecule has 2 saturated heterocycles. The molecule has 2 fully saturated rings. The van der Waals surface area contributed by atoms with Crippen LogP contribution in [0, 0.1) is 0 Å². The van der Waals surface area contributed by atoms with Crippen LogP contribution in [0.25, 0.3) is 0 Å². The number of anilines is 1. The zero-order valence-electron chi connectivity index (χ0n) is 16.4. The summed E-state index contributed by atoms with van der Waals surface area (Å²) >= 11 is 0.850. The summed E-state index contributed by atoms with van der Waals surface area (Å²) in [5.74, 6) is -1.57. The van der Waals surface area contributed by atoms with Crippen LogP contribution in [-0.4, -0.2) is 42.3 Å². The van der Waals surface area contributed by atoms with E-state index in [1.165, 1.54) is 12.1 Å². The van der Waals surface area contributed by atoms with Crippen LogP contribution in [0.3, 0.4) is 0 Å². The van der Waals surface area contributed by atoms with E-state index in [1.807, 2.05) is 0 Å². The highest BCUT2D eigenvalue weighted by atomic mass is 32.2. The smallest absolute Gasteiger partial charge is 0.316 e. The molecule has 5 nitrogen and oxygen atoms in total. The molecule has 2 aliphatic heterocycles. The molecule has 0 unspecified atom stereocenters. The lowest BCUT2D eigenvalue weighted by molar-refractivity contribution is -0.143. The number of aliphatic imine (C=N–C) groups is 1. The fourth-order valence-corrected chi connectivity index (χ4v) is 7.59. The third-order valence-corrected chi connectivity index (χ3v) is 8.34. The van der Waals surface area contributed by atoms with Gasteiger partial charge in [-0.05, 0) is 30.3 Å². The third kappa shape index (κ3) is 4.88. The molecule has 0 radical (unpaired) electrons. The number of fused-ring (bicyclic) bond motifs is 1. The Hall–Kier alpha value is -2.54. The normalized spacial score (nSPS) is 23.7. The van der Waals surface area contributed by atoms with Gasteiger partial charge in [0.2, 0.25) is 0 Å². The van der Waals surface area contributed by atoms with Gasteiger partial charge < -0.3 is 4.90 Å². The lowest BCUT2D eigenvalue weighted by Crippen LogP contribution is -2.38. The van der Waals surface area contributed by atoms with Gasteiger partial charge in [-0.25, -0.2) is 8.42 Å². The second-order valence-electron chi connectivity index (χ2n) is 7.50. The number of carbonyl (C=O) groups excluding carboxylic acids is 1. The molecule has 0 N–H and O–H groups in total.